The minimum absolute atomic E-state index is 0.716. The summed E-state index contributed by atoms with van der Waals surface area (Å²) in [6.07, 6.45) is 2.01. The molecule has 0 N–H and O–H groups in total. The average molecular weight is 386 g/mol. The second-order valence-corrected chi connectivity index (χ2v) is 7.17. The van der Waals surface area contributed by atoms with Gasteiger partial charge < -0.3 is 14.0 Å². The van der Waals surface area contributed by atoms with Gasteiger partial charge in [-0.1, -0.05) is 29.8 Å². The molecule has 29 heavy (non-hydrogen) atoms. The number of ether oxygens (including phenoxy) is 2. The highest BCUT2D eigenvalue weighted by Gasteiger charge is 2.12. The van der Waals surface area contributed by atoms with Gasteiger partial charge in [-0.2, -0.15) is 0 Å². The van der Waals surface area contributed by atoms with Gasteiger partial charge in [-0.25, -0.2) is 4.98 Å². The third kappa shape index (κ3) is 4.43. The Morgan fingerprint density at radius 2 is 1.55 bits per heavy atom. The van der Waals surface area contributed by atoms with E-state index in [0.29, 0.717) is 6.61 Å². The molecule has 0 aliphatic heterocycles. The molecule has 0 saturated heterocycles. The SMILES string of the molecule is COc1ccc(-c2nc3ccccc3n2CCCCOc2ccc(C)cc2)cc1. The molecule has 4 heteroatoms. The van der Waals surface area contributed by atoms with Crippen LogP contribution < -0.4 is 9.47 Å². The fourth-order valence-corrected chi connectivity index (χ4v) is 3.46. The third-order valence-corrected chi connectivity index (χ3v) is 5.07. The second kappa shape index (κ2) is 8.82. The molecule has 3 aromatic carbocycles. The maximum atomic E-state index is 5.87. The van der Waals surface area contributed by atoms with Gasteiger partial charge in [0, 0.05) is 12.1 Å². The summed E-state index contributed by atoms with van der Waals surface area (Å²) in [5.74, 6) is 2.78. The molecule has 0 radical (unpaired) electrons. The third-order valence-electron chi connectivity index (χ3n) is 5.07. The first-order chi connectivity index (χ1) is 14.2. The van der Waals surface area contributed by atoms with Crippen molar-refractivity contribution in [3.63, 3.8) is 0 Å². The van der Waals surface area contributed by atoms with Crippen molar-refractivity contribution in [3.05, 3.63) is 78.4 Å². The highest BCUT2D eigenvalue weighted by atomic mass is 16.5. The summed E-state index contributed by atoms with van der Waals surface area (Å²) in [4.78, 5) is 4.88. The maximum Gasteiger partial charge on any atom is 0.141 e. The van der Waals surface area contributed by atoms with Gasteiger partial charge in [0.2, 0.25) is 0 Å². The first-order valence-corrected chi connectivity index (χ1v) is 10.0. The van der Waals surface area contributed by atoms with Crippen LogP contribution in [0.5, 0.6) is 11.5 Å². The molecule has 148 valence electrons. The summed E-state index contributed by atoms with van der Waals surface area (Å²) < 4.78 is 13.5. The lowest BCUT2D eigenvalue weighted by molar-refractivity contribution is 0.303. The van der Waals surface area contributed by atoms with Crippen LogP contribution in [0.4, 0.5) is 0 Å². The van der Waals surface area contributed by atoms with Crippen LogP contribution in [-0.2, 0) is 6.54 Å². The maximum absolute atomic E-state index is 5.87. The van der Waals surface area contributed by atoms with Crippen molar-refractivity contribution >= 4 is 11.0 Å². The van der Waals surface area contributed by atoms with Crippen LogP contribution in [0.15, 0.2) is 72.8 Å². The Morgan fingerprint density at radius 1 is 0.828 bits per heavy atom. The molecular formula is C25H26N2O2. The van der Waals surface area contributed by atoms with E-state index in [1.807, 2.05) is 30.3 Å². The molecule has 0 saturated carbocycles. The molecule has 1 aromatic heterocycles. The highest BCUT2D eigenvalue weighted by molar-refractivity contribution is 5.80. The number of hydrogen-bond acceptors (Lipinski definition) is 3. The summed E-state index contributed by atoms with van der Waals surface area (Å²) >= 11 is 0. The topological polar surface area (TPSA) is 36.3 Å². The molecule has 0 atom stereocenters. The number of methoxy groups -OCH3 is 1. The van der Waals surface area contributed by atoms with E-state index in [2.05, 4.69) is 54.0 Å². The lowest BCUT2D eigenvalue weighted by Crippen LogP contribution is -2.04. The number of aryl methyl sites for hydroxylation is 2. The number of para-hydroxylation sites is 2. The van der Waals surface area contributed by atoms with Crippen LogP contribution in [0, 0.1) is 6.92 Å². The molecule has 1 heterocycles. The molecule has 0 amide bonds. The Bertz CT molecular complexity index is 1070. The number of imidazole rings is 1. The number of unbranched alkanes of at least 4 members (excludes halogenated alkanes) is 1. The minimum Gasteiger partial charge on any atom is -0.497 e. The fraction of sp³-hybridized carbons (Fsp3) is 0.240. The second-order valence-electron chi connectivity index (χ2n) is 7.17. The van der Waals surface area contributed by atoms with Crippen LogP contribution >= 0.6 is 0 Å². The Labute approximate surface area is 171 Å². The van der Waals surface area contributed by atoms with Crippen molar-refractivity contribution in [1.82, 2.24) is 9.55 Å². The zero-order chi connectivity index (χ0) is 20.1. The van der Waals surface area contributed by atoms with E-state index in [-0.39, 0.29) is 0 Å². The first-order valence-electron chi connectivity index (χ1n) is 10.0. The van der Waals surface area contributed by atoms with Gasteiger partial charge in [-0.05, 0) is 68.3 Å². The van der Waals surface area contributed by atoms with Crippen LogP contribution in [0.1, 0.15) is 18.4 Å². The van der Waals surface area contributed by atoms with Gasteiger partial charge in [0.15, 0.2) is 0 Å². The van der Waals surface area contributed by atoms with E-state index < -0.39 is 0 Å². The zero-order valence-corrected chi connectivity index (χ0v) is 17.0. The molecule has 0 spiro atoms. The van der Waals surface area contributed by atoms with E-state index in [9.17, 15) is 0 Å². The standard InChI is InChI=1S/C25H26N2O2/c1-19-9-13-22(14-10-19)29-18-6-5-17-27-24-8-4-3-7-23(24)26-25(27)20-11-15-21(28-2)16-12-20/h3-4,7-16H,5-6,17-18H2,1-2H3. The Hall–Kier alpha value is -3.27. The van der Waals surface area contributed by atoms with E-state index >= 15 is 0 Å². The quantitative estimate of drug-likeness (QED) is 0.355. The number of rotatable bonds is 8. The van der Waals surface area contributed by atoms with Crippen LogP contribution in [0.3, 0.4) is 0 Å². The monoisotopic (exact) mass is 386 g/mol. The van der Waals surface area contributed by atoms with Crippen molar-refractivity contribution in [2.75, 3.05) is 13.7 Å². The van der Waals surface area contributed by atoms with Gasteiger partial charge in [-0.15, -0.1) is 0 Å². The lowest BCUT2D eigenvalue weighted by Gasteiger charge is -2.11. The molecule has 0 unspecified atom stereocenters. The van der Waals surface area contributed by atoms with Crippen LogP contribution in [0.25, 0.3) is 22.4 Å². The predicted octanol–water partition coefficient (Wildman–Crippen LogP) is 5.88. The van der Waals surface area contributed by atoms with E-state index in [4.69, 9.17) is 14.5 Å². The summed E-state index contributed by atoms with van der Waals surface area (Å²) in [6, 6.07) is 24.6. The molecule has 0 aliphatic carbocycles. The molecule has 0 fully saturated rings. The van der Waals surface area contributed by atoms with Crippen molar-refractivity contribution in [1.29, 1.82) is 0 Å². The van der Waals surface area contributed by atoms with Gasteiger partial charge >= 0.3 is 0 Å². The van der Waals surface area contributed by atoms with Crippen molar-refractivity contribution < 1.29 is 9.47 Å². The number of nitrogens with zero attached hydrogens (tertiary/aromatic N) is 2. The summed E-state index contributed by atoms with van der Waals surface area (Å²) in [6.45, 7) is 3.70. The smallest absolute Gasteiger partial charge is 0.141 e. The summed E-state index contributed by atoms with van der Waals surface area (Å²) in [7, 11) is 1.68. The Kier molecular flexibility index (Phi) is 5.80. The fourth-order valence-electron chi connectivity index (χ4n) is 3.46. The lowest BCUT2D eigenvalue weighted by atomic mass is 10.2. The molecule has 4 nitrogen and oxygen atoms in total. The Balaban J connectivity index is 1.46. The first kappa shape index (κ1) is 19.1. The number of hydrogen-bond donors (Lipinski definition) is 0. The van der Waals surface area contributed by atoms with Gasteiger partial charge in [0.25, 0.3) is 0 Å². The number of fused-ring (bicyclic) bond motifs is 1. The predicted molar refractivity (Wildman–Crippen MR) is 118 cm³/mol. The summed E-state index contributed by atoms with van der Waals surface area (Å²) in [5, 5.41) is 0. The van der Waals surface area contributed by atoms with Crippen LogP contribution in [0.2, 0.25) is 0 Å². The molecule has 0 bridgehead atoms. The van der Waals surface area contributed by atoms with Gasteiger partial charge in [0.05, 0.1) is 24.8 Å². The van der Waals surface area contributed by atoms with E-state index in [0.717, 1.165) is 53.3 Å². The van der Waals surface area contributed by atoms with Crippen molar-refractivity contribution in [2.24, 2.45) is 0 Å². The minimum atomic E-state index is 0.716. The van der Waals surface area contributed by atoms with Crippen molar-refractivity contribution in [3.8, 4) is 22.9 Å². The van der Waals surface area contributed by atoms with E-state index in [1.165, 1.54) is 5.56 Å². The largest absolute Gasteiger partial charge is 0.497 e. The normalized spacial score (nSPS) is 11.0. The summed E-state index contributed by atoms with van der Waals surface area (Å²) in [5.41, 5.74) is 4.53. The van der Waals surface area contributed by atoms with Gasteiger partial charge in [0.1, 0.15) is 17.3 Å². The molecule has 0 aliphatic rings. The molecular weight excluding hydrogens is 360 g/mol. The highest BCUT2D eigenvalue weighted by Crippen LogP contribution is 2.27. The number of aromatic nitrogens is 2. The Morgan fingerprint density at radius 3 is 2.31 bits per heavy atom. The van der Waals surface area contributed by atoms with Gasteiger partial charge in [-0.3, -0.25) is 0 Å². The van der Waals surface area contributed by atoms with E-state index in [1.54, 1.807) is 7.11 Å². The zero-order valence-electron chi connectivity index (χ0n) is 17.0. The molecule has 4 rings (SSSR count). The van der Waals surface area contributed by atoms with Crippen LogP contribution in [-0.4, -0.2) is 23.3 Å². The molecule has 4 aromatic rings. The number of benzene rings is 3. The van der Waals surface area contributed by atoms with Crippen molar-refractivity contribution in [2.45, 2.75) is 26.3 Å². The average Bonchev–Trinajstić information content (AvgIpc) is 3.13.